The predicted molar refractivity (Wildman–Crippen MR) is 104 cm³/mol. The molecule has 0 fully saturated rings. The Labute approximate surface area is 171 Å². The van der Waals surface area contributed by atoms with Crippen LogP contribution < -0.4 is 4.74 Å². The predicted octanol–water partition coefficient (Wildman–Crippen LogP) is 5.08. The number of aliphatic imine (C=N–C) groups is 1. The van der Waals surface area contributed by atoms with Gasteiger partial charge < -0.3 is 14.7 Å². The summed E-state index contributed by atoms with van der Waals surface area (Å²) in [6.07, 6.45) is -3.78. The fourth-order valence-corrected chi connectivity index (χ4v) is 2.79. The Morgan fingerprint density at radius 1 is 1.07 bits per heavy atom. The summed E-state index contributed by atoms with van der Waals surface area (Å²) in [4.78, 5) is 6.05. The summed E-state index contributed by atoms with van der Waals surface area (Å²) >= 11 is 0. The number of aliphatic hydroxyl groups is 1. The van der Waals surface area contributed by atoms with E-state index in [2.05, 4.69) is 4.99 Å². The van der Waals surface area contributed by atoms with Crippen molar-refractivity contribution >= 4 is 12.0 Å². The van der Waals surface area contributed by atoms with Crippen molar-refractivity contribution in [3.05, 3.63) is 58.7 Å². The van der Waals surface area contributed by atoms with E-state index in [4.69, 9.17) is 4.74 Å². The Balaban J connectivity index is 2.72. The van der Waals surface area contributed by atoms with Crippen LogP contribution in [0.25, 0.3) is 0 Å². The Morgan fingerprint density at radius 3 is 2.10 bits per heavy atom. The van der Waals surface area contributed by atoms with E-state index < -0.39 is 34.5 Å². The minimum absolute atomic E-state index is 0.147. The third-order valence-electron chi connectivity index (χ3n) is 4.79. The third-order valence-corrected chi connectivity index (χ3v) is 4.79. The molecule has 4 nitrogen and oxygen atoms in total. The van der Waals surface area contributed by atoms with Crippen molar-refractivity contribution < 1.29 is 31.8 Å². The summed E-state index contributed by atoms with van der Waals surface area (Å²) in [5.41, 5.74) is -4.78. The molecule has 0 saturated carbocycles. The molecule has 164 valence electrons. The SMILES string of the molecule is COc1cc(/N=C/N(C)C(C)C)c(C)cc1C(O)(c1cc(F)cc(F)c1)C(F)(F)F. The summed E-state index contributed by atoms with van der Waals surface area (Å²) in [5.74, 6) is -2.83. The molecule has 0 aromatic heterocycles. The molecule has 0 heterocycles. The third kappa shape index (κ3) is 4.56. The van der Waals surface area contributed by atoms with E-state index in [-0.39, 0.29) is 11.8 Å². The average molecular weight is 430 g/mol. The lowest BCUT2D eigenvalue weighted by atomic mass is 9.84. The second kappa shape index (κ2) is 8.59. The lowest BCUT2D eigenvalue weighted by Crippen LogP contribution is -2.43. The van der Waals surface area contributed by atoms with Crippen LogP contribution in [0.15, 0.2) is 35.3 Å². The lowest BCUT2D eigenvalue weighted by molar-refractivity contribution is -0.248. The summed E-state index contributed by atoms with van der Waals surface area (Å²) in [6.45, 7) is 5.38. The zero-order chi connectivity index (χ0) is 22.9. The average Bonchev–Trinajstić information content (AvgIpc) is 2.63. The highest BCUT2D eigenvalue weighted by atomic mass is 19.4. The molecule has 9 heteroatoms. The van der Waals surface area contributed by atoms with Crippen LogP contribution in [0.5, 0.6) is 5.75 Å². The second-order valence-corrected chi connectivity index (χ2v) is 7.21. The van der Waals surface area contributed by atoms with Gasteiger partial charge in [-0.2, -0.15) is 13.2 Å². The van der Waals surface area contributed by atoms with Crippen LogP contribution in [-0.4, -0.2) is 42.7 Å². The van der Waals surface area contributed by atoms with Crippen molar-refractivity contribution in [3.8, 4) is 5.75 Å². The van der Waals surface area contributed by atoms with Crippen molar-refractivity contribution in [1.82, 2.24) is 4.90 Å². The summed E-state index contributed by atoms with van der Waals surface area (Å²) in [6, 6.07) is 3.74. The first-order chi connectivity index (χ1) is 13.8. The van der Waals surface area contributed by atoms with Gasteiger partial charge >= 0.3 is 6.18 Å². The number of benzene rings is 2. The van der Waals surface area contributed by atoms with Crippen LogP contribution in [0.1, 0.15) is 30.5 Å². The molecule has 2 rings (SSSR count). The second-order valence-electron chi connectivity index (χ2n) is 7.21. The Kier molecular flexibility index (Phi) is 6.76. The van der Waals surface area contributed by atoms with Gasteiger partial charge in [-0.05, 0) is 44.5 Å². The molecule has 0 saturated heterocycles. The standard InChI is InChI=1S/C21H23F5N2O2/c1-12(2)28(4)11-27-18-10-19(30-5)17(6-13(18)3)20(29,21(24,25)26)14-7-15(22)9-16(23)8-14/h6-12,29H,1-5H3/b27-11+. The lowest BCUT2D eigenvalue weighted by Gasteiger charge is -2.33. The van der Waals surface area contributed by atoms with Gasteiger partial charge in [-0.1, -0.05) is 0 Å². The maximum Gasteiger partial charge on any atom is 0.425 e. The smallest absolute Gasteiger partial charge is 0.425 e. The van der Waals surface area contributed by atoms with Crippen LogP contribution in [0.2, 0.25) is 0 Å². The minimum atomic E-state index is -5.30. The van der Waals surface area contributed by atoms with Crippen molar-refractivity contribution in [1.29, 1.82) is 0 Å². The molecule has 0 amide bonds. The fourth-order valence-electron chi connectivity index (χ4n) is 2.79. The monoisotopic (exact) mass is 430 g/mol. The quantitative estimate of drug-likeness (QED) is 0.395. The molecular weight excluding hydrogens is 407 g/mol. The molecule has 1 atom stereocenters. The van der Waals surface area contributed by atoms with E-state index in [0.29, 0.717) is 29.4 Å². The number of ether oxygens (including phenoxy) is 1. The number of hydrogen-bond donors (Lipinski definition) is 1. The van der Waals surface area contributed by atoms with Crippen molar-refractivity contribution in [2.45, 2.75) is 38.6 Å². The number of halogens is 5. The molecule has 0 bridgehead atoms. The number of aryl methyl sites for hydroxylation is 1. The van der Waals surface area contributed by atoms with Crippen LogP contribution >= 0.6 is 0 Å². The van der Waals surface area contributed by atoms with Gasteiger partial charge in [-0.25, -0.2) is 13.8 Å². The van der Waals surface area contributed by atoms with Crippen LogP contribution in [-0.2, 0) is 5.60 Å². The molecule has 0 aliphatic rings. The zero-order valence-corrected chi connectivity index (χ0v) is 17.2. The molecule has 0 aliphatic carbocycles. The number of alkyl halides is 3. The molecule has 30 heavy (non-hydrogen) atoms. The van der Waals surface area contributed by atoms with E-state index in [1.54, 1.807) is 11.9 Å². The van der Waals surface area contributed by atoms with Gasteiger partial charge in [0.05, 0.1) is 19.1 Å². The minimum Gasteiger partial charge on any atom is -0.496 e. The zero-order valence-electron chi connectivity index (χ0n) is 17.2. The van der Waals surface area contributed by atoms with E-state index in [9.17, 15) is 27.1 Å². The van der Waals surface area contributed by atoms with Crippen molar-refractivity contribution in [2.75, 3.05) is 14.2 Å². The maximum absolute atomic E-state index is 14.0. The molecule has 2 aromatic carbocycles. The summed E-state index contributed by atoms with van der Waals surface area (Å²) < 4.78 is 74.5. The van der Waals surface area contributed by atoms with E-state index in [1.807, 2.05) is 13.8 Å². The Hall–Kier alpha value is -2.68. The summed E-state index contributed by atoms with van der Waals surface area (Å²) in [5, 5.41) is 10.8. The Morgan fingerprint density at radius 2 is 1.63 bits per heavy atom. The van der Waals surface area contributed by atoms with Gasteiger partial charge in [-0.15, -0.1) is 0 Å². The highest BCUT2D eigenvalue weighted by molar-refractivity contribution is 5.66. The summed E-state index contributed by atoms with van der Waals surface area (Å²) in [7, 11) is 2.92. The molecule has 0 aliphatic heterocycles. The Bertz CT molecular complexity index is 923. The van der Waals surface area contributed by atoms with Gasteiger partial charge in [0.1, 0.15) is 17.4 Å². The first-order valence-corrected chi connectivity index (χ1v) is 9.02. The van der Waals surface area contributed by atoms with E-state index in [0.717, 1.165) is 13.2 Å². The number of rotatable bonds is 6. The van der Waals surface area contributed by atoms with Crippen molar-refractivity contribution in [3.63, 3.8) is 0 Å². The largest absolute Gasteiger partial charge is 0.496 e. The number of nitrogens with zero attached hydrogens (tertiary/aromatic N) is 2. The maximum atomic E-state index is 14.0. The van der Waals surface area contributed by atoms with Gasteiger partial charge in [0, 0.05) is 36.3 Å². The van der Waals surface area contributed by atoms with Crippen LogP contribution in [0.4, 0.5) is 27.6 Å². The topological polar surface area (TPSA) is 45.1 Å². The van der Waals surface area contributed by atoms with Crippen molar-refractivity contribution in [2.24, 2.45) is 4.99 Å². The first kappa shape index (κ1) is 23.6. The van der Waals surface area contributed by atoms with E-state index >= 15 is 0 Å². The number of hydrogen-bond acceptors (Lipinski definition) is 3. The van der Waals surface area contributed by atoms with Crippen LogP contribution in [0, 0.1) is 18.6 Å². The normalized spacial score (nSPS) is 14.3. The highest BCUT2D eigenvalue weighted by Crippen LogP contribution is 2.49. The number of methoxy groups -OCH3 is 1. The molecule has 1 N–H and O–H groups in total. The van der Waals surface area contributed by atoms with Gasteiger partial charge in [0.25, 0.3) is 0 Å². The molecule has 0 radical (unpaired) electrons. The molecule has 0 spiro atoms. The molecule has 1 unspecified atom stereocenters. The highest BCUT2D eigenvalue weighted by Gasteiger charge is 2.58. The van der Waals surface area contributed by atoms with Gasteiger partial charge in [0.15, 0.2) is 0 Å². The fraction of sp³-hybridized carbons (Fsp3) is 0.381. The molecule has 2 aromatic rings. The van der Waals surface area contributed by atoms with E-state index in [1.165, 1.54) is 19.3 Å². The first-order valence-electron chi connectivity index (χ1n) is 9.02. The van der Waals surface area contributed by atoms with Gasteiger partial charge in [-0.3, -0.25) is 0 Å². The van der Waals surface area contributed by atoms with Crippen LogP contribution in [0.3, 0.4) is 0 Å². The molecular formula is C21H23F5N2O2. The van der Waals surface area contributed by atoms with Gasteiger partial charge in [0.2, 0.25) is 5.60 Å².